The van der Waals surface area contributed by atoms with Gasteiger partial charge in [0.1, 0.15) is 6.10 Å². The van der Waals surface area contributed by atoms with Crippen molar-refractivity contribution in [2.45, 2.75) is 60.0 Å². The Labute approximate surface area is 93.4 Å². The molecule has 0 aromatic carbocycles. The summed E-state index contributed by atoms with van der Waals surface area (Å²) in [6.45, 7) is 10.6. The first-order valence-electron chi connectivity index (χ1n) is 6.03. The van der Waals surface area contributed by atoms with Gasteiger partial charge in [0.05, 0.1) is 5.92 Å². The van der Waals surface area contributed by atoms with Crippen molar-refractivity contribution in [1.29, 1.82) is 0 Å². The molecule has 0 N–H and O–H groups in total. The molecule has 0 aromatic rings. The summed E-state index contributed by atoms with van der Waals surface area (Å²) < 4.78 is 5.48. The van der Waals surface area contributed by atoms with Gasteiger partial charge in [-0.15, -0.1) is 0 Å². The van der Waals surface area contributed by atoms with Crippen LogP contribution in [0.4, 0.5) is 0 Å². The minimum Gasteiger partial charge on any atom is -0.462 e. The predicted molar refractivity (Wildman–Crippen MR) is 61.5 cm³/mol. The van der Waals surface area contributed by atoms with Crippen LogP contribution in [0.3, 0.4) is 0 Å². The summed E-state index contributed by atoms with van der Waals surface area (Å²) in [6.07, 6.45) is 3.36. The van der Waals surface area contributed by atoms with Gasteiger partial charge >= 0.3 is 5.97 Å². The van der Waals surface area contributed by atoms with Gasteiger partial charge in [0.2, 0.25) is 0 Å². The second-order valence-corrected chi connectivity index (χ2v) is 5.88. The normalized spacial score (nSPS) is 30.3. The van der Waals surface area contributed by atoms with E-state index < -0.39 is 0 Å². The Hall–Kier alpha value is -0.530. The molecule has 0 saturated heterocycles. The quantitative estimate of drug-likeness (QED) is 0.656. The van der Waals surface area contributed by atoms with Gasteiger partial charge in [-0.3, -0.25) is 4.79 Å². The standard InChI is InChI=1S/C13H24O2/c1-9(2)12(14)15-11-6-7-13(4,5)10(3)8-11/h9-11H,6-8H2,1-5H3/t10-,11-/m0/s1. The van der Waals surface area contributed by atoms with E-state index in [0.717, 1.165) is 19.3 Å². The number of rotatable bonds is 2. The lowest BCUT2D eigenvalue weighted by atomic mass is 9.69. The Morgan fingerprint density at radius 3 is 2.47 bits per heavy atom. The van der Waals surface area contributed by atoms with Crippen molar-refractivity contribution in [3.05, 3.63) is 0 Å². The second kappa shape index (κ2) is 4.54. The number of esters is 1. The summed E-state index contributed by atoms with van der Waals surface area (Å²) in [5.74, 6) is 0.582. The van der Waals surface area contributed by atoms with Crippen LogP contribution in [0.15, 0.2) is 0 Å². The van der Waals surface area contributed by atoms with Gasteiger partial charge in [0.25, 0.3) is 0 Å². The van der Waals surface area contributed by atoms with E-state index in [1.165, 1.54) is 0 Å². The van der Waals surface area contributed by atoms with Gasteiger partial charge < -0.3 is 4.74 Å². The van der Waals surface area contributed by atoms with Gasteiger partial charge in [0, 0.05) is 0 Å². The Kier molecular flexibility index (Phi) is 3.80. The number of hydrogen-bond acceptors (Lipinski definition) is 2. The van der Waals surface area contributed by atoms with E-state index in [-0.39, 0.29) is 18.0 Å². The maximum Gasteiger partial charge on any atom is 0.308 e. The highest BCUT2D eigenvalue weighted by molar-refractivity contribution is 5.71. The molecule has 0 aliphatic heterocycles. The highest BCUT2D eigenvalue weighted by atomic mass is 16.5. The molecular weight excluding hydrogens is 188 g/mol. The Morgan fingerprint density at radius 1 is 1.40 bits per heavy atom. The Balaban J connectivity index is 2.45. The van der Waals surface area contributed by atoms with Gasteiger partial charge in [-0.25, -0.2) is 0 Å². The summed E-state index contributed by atoms with van der Waals surface area (Å²) in [7, 11) is 0. The maximum absolute atomic E-state index is 11.5. The molecule has 1 rings (SSSR count). The summed E-state index contributed by atoms with van der Waals surface area (Å²) in [5, 5.41) is 0. The minimum absolute atomic E-state index is 0.00440. The first-order valence-corrected chi connectivity index (χ1v) is 6.03. The first-order chi connectivity index (χ1) is 6.83. The molecule has 2 nitrogen and oxygen atoms in total. The van der Waals surface area contributed by atoms with Crippen molar-refractivity contribution < 1.29 is 9.53 Å². The topological polar surface area (TPSA) is 26.3 Å². The fourth-order valence-electron chi connectivity index (χ4n) is 2.02. The summed E-state index contributed by atoms with van der Waals surface area (Å²) in [6, 6.07) is 0. The molecule has 0 unspecified atom stereocenters. The first kappa shape index (κ1) is 12.5. The van der Waals surface area contributed by atoms with Crippen LogP contribution in [-0.2, 0) is 9.53 Å². The molecule has 88 valence electrons. The third-order valence-electron chi connectivity index (χ3n) is 3.82. The number of carbonyl (C=O) groups excluding carboxylic acids is 1. The summed E-state index contributed by atoms with van der Waals surface area (Å²) in [5.41, 5.74) is 0.404. The molecule has 1 aliphatic carbocycles. The van der Waals surface area contributed by atoms with E-state index in [4.69, 9.17) is 4.74 Å². The van der Waals surface area contributed by atoms with E-state index in [2.05, 4.69) is 20.8 Å². The zero-order valence-corrected chi connectivity index (χ0v) is 10.7. The molecular formula is C13H24O2. The average molecular weight is 212 g/mol. The molecule has 0 amide bonds. The lowest BCUT2D eigenvalue weighted by Gasteiger charge is -2.40. The van der Waals surface area contributed by atoms with Crippen molar-refractivity contribution in [3.8, 4) is 0 Å². The second-order valence-electron chi connectivity index (χ2n) is 5.88. The lowest BCUT2D eigenvalue weighted by molar-refractivity contribution is -0.156. The van der Waals surface area contributed by atoms with Crippen LogP contribution >= 0.6 is 0 Å². The molecule has 1 fully saturated rings. The van der Waals surface area contributed by atoms with Gasteiger partial charge in [-0.2, -0.15) is 0 Å². The van der Waals surface area contributed by atoms with Crippen LogP contribution in [0, 0.1) is 17.3 Å². The van der Waals surface area contributed by atoms with Crippen molar-refractivity contribution in [2.75, 3.05) is 0 Å². The van der Waals surface area contributed by atoms with Gasteiger partial charge in [0.15, 0.2) is 0 Å². The minimum atomic E-state index is -0.0492. The maximum atomic E-state index is 11.5. The molecule has 0 spiro atoms. The monoisotopic (exact) mass is 212 g/mol. The highest BCUT2D eigenvalue weighted by Crippen LogP contribution is 2.41. The van der Waals surface area contributed by atoms with Crippen LogP contribution in [0.2, 0.25) is 0 Å². The molecule has 0 heterocycles. The fraction of sp³-hybridized carbons (Fsp3) is 0.923. The van der Waals surface area contributed by atoms with E-state index in [1.807, 2.05) is 13.8 Å². The molecule has 15 heavy (non-hydrogen) atoms. The molecule has 0 aromatic heterocycles. The molecule has 1 saturated carbocycles. The predicted octanol–water partition coefficient (Wildman–Crippen LogP) is 3.40. The molecule has 0 radical (unpaired) electrons. The zero-order valence-electron chi connectivity index (χ0n) is 10.7. The molecule has 0 bridgehead atoms. The van der Waals surface area contributed by atoms with Crippen LogP contribution in [-0.4, -0.2) is 12.1 Å². The summed E-state index contributed by atoms with van der Waals surface area (Å²) >= 11 is 0. The van der Waals surface area contributed by atoms with E-state index in [0.29, 0.717) is 11.3 Å². The highest BCUT2D eigenvalue weighted by Gasteiger charge is 2.35. The van der Waals surface area contributed by atoms with Gasteiger partial charge in [-0.1, -0.05) is 34.6 Å². The largest absolute Gasteiger partial charge is 0.462 e. The smallest absolute Gasteiger partial charge is 0.308 e. The van der Waals surface area contributed by atoms with Crippen LogP contribution in [0.5, 0.6) is 0 Å². The van der Waals surface area contributed by atoms with Crippen LogP contribution in [0.25, 0.3) is 0 Å². The SMILES string of the molecule is CC(C)C(=O)O[C@H]1CCC(C)(C)[C@@H](C)C1. The third kappa shape index (κ3) is 3.22. The van der Waals surface area contributed by atoms with E-state index in [1.54, 1.807) is 0 Å². The molecule has 2 atom stereocenters. The fourth-order valence-corrected chi connectivity index (χ4v) is 2.02. The number of ether oxygens (including phenoxy) is 1. The van der Waals surface area contributed by atoms with E-state index in [9.17, 15) is 4.79 Å². The van der Waals surface area contributed by atoms with E-state index >= 15 is 0 Å². The van der Waals surface area contributed by atoms with Crippen LogP contribution < -0.4 is 0 Å². The van der Waals surface area contributed by atoms with Crippen molar-refractivity contribution in [2.24, 2.45) is 17.3 Å². The lowest BCUT2D eigenvalue weighted by Crippen LogP contribution is -2.35. The average Bonchev–Trinajstić information content (AvgIpc) is 2.12. The third-order valence-corrected chi connectivity index (χ3v) is 3.82. The number of hydrogen-bond donors (Lipinski definition) is 0. The van der Waals surface area contributed by atoms with Crippen molar-refractivity contribution in [1.82, 2.24) is 0 Å². The van der Waals surface area contributed by atoms with Crippen molar-refractivity contribution >= 4 is 5.97 Å². The van der Waals surface area contributed by atoms with Crippen molar-refractivity contribution in [3.63, 3.8) is 0 Å². The Morgan fingerprint density at radius 2 is 2.00 bits per heavy atom. The zero-order chi connectivity index (χ0) is 11.6. The Bertz CT molecular complexity index is 231. The molecule has 1 aliphatic rings. The molecule has 2 heteroatoms. The summed E-state index contributed by atoms with van der Waals surface area (Å²) in [4.78, 5) is 11.5. The van der Waals surface area contributed by atoms with Crippen LogP contribution in [0.1, 0.15) is 53.9 Å². The number of carbonyl (C=O) groups is 1. The van der Waals surface area contributed by atoms with Gasteiger partial charge in [-0.05, 0) is 30.6 Å².